The second-order valence-electron chi connectivity index (χ2n) is 2.28. The predicted molar refractivity (Wildman–Crippen MR) is 42.9 cm³/mol. The van der Waals surface area contributed by atoms with E-state index < -0.39 is 0 Å². The number of halogens is 1. The first-order chi connectivity index (χ1) is 5.27. The molecule has 0 radical (unpaired) electrons. The van der Waals surface area contributed by atoms with Crippen molar-refractivity contribution in [3.63, 3.8) is 0 Å². The molecule has 1 aromatic rings. The number of ether oxygens (including phenoxy) is 1. The zero-order chi connectivity index (χ0) is 7.84. The number of nitrogens with one attached hydrogen (secondary N) is 1. The number of fused-ring (bicyclic) bond motifs is 1. The van der Waals surface area contributed by atoms with Gasteiger partial charge in [-0.3, -0.25) is 0 Å². The standard InChI is InChI=1S/C6H5ClN2OS/c7-5-3-1-10-2-4(3)8-6(11)9-5/h1-2H2,(H,8,9,11). The van der Waals surface area contributed by atoms with Crippen LogP contribution in [-0.2, 0) is 18.0 Å². The summed E-state index contributed by atoms with van der Waals surface area (Å²) in [6.45, 7) is 1.09. The molecule has 5 heteroatoms. The molecule has 0 aliphatic carbocycles. The van der Waals surface area contributed by atoms with Gasteiger partial charge in [0, 0.05) is 5.56 Å². The van der Waals surface area contributed by atoms with Crippen LogP contribution in [-0.4, -0.2) is 9.97 Å². The van der Waals surface area contributed by atoms with Crippen LogP contribution in [0.2, 0.25) is 5.15 Å². The van der Waals surface area contributed by atoms with Gasteiger partial charge in [-0.25, -0.2) is 4.98 Å². The van der Waals surface area contributed by atoms with Crippen LogP contribution in [0.15, 0.2) is 0 Å². The van der Waals surface area contributed by atoms with E-state index in [1.54, 1.807) is 0 Å². The second-order valence-corrected chi connectivity index (χ2v) is 3.03. The van der Waals surface area contributed by atoms with Crippen LogP contribution in [0, 0.1) is 4.77 Å². The summed E-state index contributed by atoms with van der Waals surface area (Å²) in [5, 5.41) is 0.459. The van der Waals surface area contributed by atoms with E-state index in [1.165, 1.54) is 0 Å². The SMILES string of the molecule is S=c1nc(Cl)c2c([nH]1)COC2. The lowest BCUT2D eigenvalue weighted by Gasteiger charge is -1.96. The highest BCUT2D eigenvalue weighted by Gasteiger charge is 2.15. The molecule has 58 valence electrons. The minimum Gasteiger partial charge on any atom is -0.370 e. The minimum absolute atomic E-state index is 0.416. The van der Waals surface area contributed by atoms with Crippen molar-refractivity contribution in [3.8, 4) is 0 Å². The zero-order valence-corrected chi connectivity index (χ0v) is 7.13. The molecule has 0 aromatic carbocycles. The number of aromatic nitrogens is 2. The Morgan fingerprint density at radius 2 is 2.36 bits per heavy atom. The Morgan fingerprint density at radius 1 is 1.55 bits per heavy atom. The van der Waals surface area contributed by atoms with E-state index in [1.807, 2.05) is 0 Å². The van der Waals surface area contributed by atoms with Crippen LogP contribution in [0.5, 0.6) is 0 Å². The molecule has 0 fully saturated rings. The van der Waals surface area contributed by atoms with Gasteiger partial charge in [-0.2, -0.15) is 0 Å². The Labute approximate surface area is 73.4 Å². The van der Waals surface area contributed by atoms with Gasteiger partial charge in [-0.1, -0.05) is 11.6 Å². The summed E-state index contributed by atoms with van der Waals surface area (Å²) in [5.41, 5.74) is 1.88. The number of aromatic amines is 1. The van der Waals surface area contributed by atoms with Crippen molar-refractivity contribution >= 4 is 23.8 Å². The van der Waals surface area contributed by atoms with E-state index in [0.29, 0.717) is 23.1 Å². The van der Waals surface area contributed by atoms with Gasteiger partial charge in [-0.05, 0) is 12.2 Å². The summed E-state index contributed by atoms with van der Waals surface area (Å²) in [7, 11) is 0. The van der Waals surface area contributed by atoms with Gasteiger partial charge in [0.05, 0.1) is 18.9 Å². The van der Waals surface area contributed by atoms with Gasteiger partial charge in [0.15, 0.2) is 4.77 Å². The largest absolute Gasteiger partial charge is 0.370 e. The number of rotatable bonds is 0. The van der Waals surface area contributed by atoms with Gasteiger partial charge < -0.3 is 9.72 Å². The summed E-state index contributed by atoms with van der Waals surface area (Å²) in [6, 6.07) is 0. The third kappa shape index (κ3) is 1.17. The molecule has 0 spiro atoms. The zero-order valence-electron chi connectivity index (χ0n) is 5.56. The van der Waals surface area contributed by atoms with Crippen LogP contribution < -0.4 is 0 Å². The summed E-state index contributed by atoms with van der Waals surface area (Å²) < 4.78 is 5.56. The van der Waals surface area contributed by atoms with Crippen molar-refractivity contribution in [2.75, 3.05) is 0 Å². The van der Waals surface area contributed by atoms with Crippen LogP contribution >= 0.6 is 23.8 Å². The average Bonchev–Trinajstić information content (AvgIpc) is 2.34. The fourth-order valence-electron chi connectivity index (χ4n) is 1.04. The summed E-state index contributed by atoms with van der Waals surface area (Å²) in [4.78, 5) is 6.81. The molecule has 11 heavy (non-hydrogen) atoms. The third-order valence-corrected chi connectivity index (χ3v) is 2.07. The molecule has 0 bridgehead atoms. The first-order valence-electron chi connectivity index (χ1n) is 3.12. The number of nitrogens with zero attached hydrogens (tertiary/aromatic N) is 1. The lowest BCUT2D eigenvalue weighted by molar-refractivity contribution is 0.133. The highest BCUT2D eigenvalue weighted by molar-refractivity contribution is 7.71. The molecule has 0 saturated carbocycles. The molecule has 0 amide bonds. The minimum atomic E-state index is 0.416. The van der Waals surface area contributed by atoms with E-state index in [9.17, 15) is 0 Å². The van der Waals surface area contributed by atoms with E-state index >= 15 is 0 Å². The predicted octanol–water partition coefficient (Wildman–Crippen LogP) is 1.82. The molecule has 1 aliphatic rings. The molecular weight excluding hydrogens is 184 g/mol. The smallest absolute Gasteiger partial charge is 0.198 e. The van der Waals surface area contributed by atoms with Crippen molar-refractivity contribution in [1.29, 1.82) is 0 Å². The summed E-state index contributed by atoms with van der Waals surface area (Å²) >= 11 is 10.6. The second kappa shape index (κ2) is 2.55. The molecule has 0 saturated heterocycles. The molecule has 0 unspecified atom stereocenters. The Kier molecular flexibility index (Phi) is 1.67. The maximum atomic E-state index is 5.80. The Balaban J connectivity index is 2.70. The van der Waals surface area contributed by atoms with Gasteiger partial charge in [0.1, 0.15) is 5.15 Å². The highest BCUT2D eigenvalue weighted by Crippen LogP contribution is 2.22. The van der Waals surface area contributed by atoms with E-state index in [4.69, 9.17) is 28.6 Å². The Morgan fingerprint density at radius 3 is 3.18 bits per heavy atom. The first-order valence-corrected chi connectivity index (χ1v) is 3.91. The number of H-pyrrole nitrogens is 1. The van der Waals surface area contributed by atoms with Crippen molar-refractivity contribution in [2.24, 2.45) is 0 Å². The first kappa shape index (κ1) is 7.21. The molecule has 2 heterocycles. The fourth-order valence-corrected chi connectivity index (χ4v) is 1.56. The van der Waals surface area contributed by atoms with E-state index in [-0.39, 0.29) is 0 Å². The van der Waals surface area contributed by atoms with Gasteiger partial charge in [0.2, 0.25) is 0 Å². The molecule has 1 N–H and O–H groups in total. The quantitative estimate of drug-likeness (QED) is 0.499. The van der Waals surface area contributed by atoms with Crippen LogP contribution in [0.4, 0.5) is 0 Å². The third-order valence-electron chi connectivity index (χ3n) is 1.56. The lowest BCUT2D eigenvalue weighted by atomic mass is 10.3. The number of hydrogen-bond acceptors (Lipinski definition) is 3. The molecule has 1 aromatic heterocycles. The number of hydrogen-bond donors (Lipinski definition) is 1. The van der Waals surface area contributed by atoms with Crippen LogP contribution in [0.25, 0.3) is 0 Å². The Hall–Kier alpha value is -0.450. The van der Waals surface area contributed by atoms with E-state index in [0.717, 1.165) is 11.3 Å². The van der Waals surface area contributed by atoms with Crippen molar-refractivity contribution in [3.05, 3.63) is 21.2 Å². The van der Waals surface area contributed by atoms with Crippen molar-refractivity contribution in [2.45, 2.75) is 13.2 Å². The van der Waals surface area contributed by atoms with Gasteiger partial charge in [0.25, 0.3) is 0 Å². The maximum Gasteiger partial charge on any atom is 0.198 e. The van der Waals surface area contributed by atoms with E-state index in [2.05, 4.69) is 9.97 Å². The van der Waals surface area contributed by atoms with Crippen molar-refractivity contribution < 1.29 is 4.74 Å². The fraction of sp³-hybridized carbons (Fsp3) is 0.333. The van der Waals surface area contributed by atoms with Crippen LogP contribution in [0.1, 0.15) is 11.3 Å². The molecule has 2 rings (SSSR count). The normalized spacial score (nSPS) is 15.0. The average molecular weight is 189 g/mol. The summed E-state index contributed by atoms with van der Waals surface area (Å²) in [6.07, 6.45) is 0. The molecular formula is C6H5ClN2OS. The topological polar surface area (TPSA) is 37.9 Å². The molecule has 1 aliphatic heterocycles. The van der Waals surface area contributed by atoms with Crippen molar-refractivity contribution in [1.82, 2.24) is 9.97 Å². The molecule has 0 atom stereocenters. The maximum absolute atomic E-state index is 5.80. The van der Waals surface area contributed by atoms with Crippen LogP contribution in [0.3, 0.4) is 0 Å². The summed E-state index contributed by atoms with van der Waals surface area (Å²) in [5.74, 6) is 0. The highest BCUT2D eigenvalue weighted by atomic mass is 35.5. The molecule has 3 nitrogen and oxygen atoms in total. The lowest BCUT2D eigenvalue weighted by Crippen LogP contribution is -1.92. The van der Waals surface area contributed by atoms with Gasteiger partial charge in [-0.15, -0.1) is 0 Å². The Bertz CT molecular complexity index is 349. The van der Waals surface area contributed by atoms with Gasteiger partial charge >= 0.3 is 0 Å². The monoisotopic (exact) mass is 188 g/mol.